The molecule has 0 saturated heterocycles. The number of hydrogen-bond donors (Lipinski definition) is 0. The van der Waals surface area contributed by atoms with Crippen molar-refractivity contribution < 1.29 is 4.42 Å². The van der Waals surface area contributed by atoms with Gasteiger partial charge >= 0.3 is 0 Å². The van der Waals surface area contributed by atoms with E-state index in [0.29, 0.717) is 17.5 Å². The molecule has 5 heteroatoms. The number of rotatable bonds is 3. The number of hydrogen-bond acceptors (Lipinski definition) is 5. The molecule has 0 fully saturated rings. The van der Waals surface area contributed by atoms with Crippen LogP contribution in [0.2, 0.25) is 0 Å². The van der Waals surface area contributed by atoms with Crippen molar-refractivity contribution in [3.8, 4) is 22.8 Å². The molecule has 4 aromatic carbocycles. The van der Waals surface area contributed by atoms with Crippen LogP contribution < -0.4 is 0 Å². The topological polar surface area (TPSA) is 64.7 Å². The van der Waals surface area contributed by atoms with Gasteiger partial charge in [0.15, 0.2) is 17.5 Å². The Morgan fingerprint density at radius 1 is 0.590 bits per heavy atom. The lowest BCUT2D eigenvalue weighted by Gasteiger charge is -2.11. The molecule has 7 aromatic rings. The predicted molar refractivity (Wildman–Crippen MR) is 157 cm³/mol. The molecule has 0 radical (unpaired) electrons. The maximum atomic E-state index is 6.48. The number of allylic oxidation sites excluding steroid dienone is 4. The molecule has 0 N–H and O–H groups in total. The smallest absolute Gasteiger partial charge is 0.169 e. The lowest BCUT2D eigenvalue weighted by Crippen LogP contribution is -2.03. The molecule has 1 aliphatic rings. The summed E-state index contributed by atoms with van der Waals surface area (Å²) in [5.41, 5.74) is 4.26. The normalized spacial score (nSPS) is 13.5. The van der Waals surface area contributed by atoms with Crippen molar-refractivity contribution in [3.63, 3.8) is 0 Å². The molecule has 8 rings (SSSR count). The maximum Gasteiger partial charge on any atom is 0.169 e. The highest BCUT2D eigenvalue weighted by molar-refractivity contribution is 6.20. The van der Waals surface area contributed by atoms with Gasteiger partial charge in [-0.25, -0.2) is 15.0 Å². The van der Waals surface area contributed by atoms with Crippen LogP contribution >= 0.6 is 0 Å². The third-order valence-corrected chi connectivity index (χ3v) is 7.43. The average molecular weight is 503 g/mol. The molecular weight excluding hydrogens is 480 g/mol. The lowest BCUT2D eigenvalue weighted by atomic mass is 10.0. The van der Waals surface area contributed by atoms with Crippen molar-refractivity contribution in [1.82, 2.24) is 19.9 Å². The summed E-state index contributed by atoms with van der Waals surface area (Å²) >= 11 is 0. The largest absolute Gasteiger partial charge is 0.455 e. The van der Waals surface area contributed by atoms with Gasteiger partial charge in [-0.2, -0.15) is 0 Å². The first-order valence-electron chi connectivity index (χ1n) is 13.1. The van der Waals surface area contributed by atoms with Crippen LogP contribution in [0, 0.1) is 0 Å². The van der Waals surface area contributed by atoms with Crippen LogP contribution in [0.3, 0.4) is 0 Å². The van der Waals surface area contributed by atoms with Crippen LogP contribution in [0.5, 0.6) is 0 Å². The van der Waals surface area contributed by atoms with Gasteiger partial charge in [0.05, 0.1) is 5.56 Å². The van der Waals surface area contributed by atoms with Gasteiger partial charge in [0, 0.05) is 34.3 Å². The number of pyridine rings is 1. The fourth-order valence-corrected chi connectivity index (χ4v) is 5.57. The molecule has 0 amide bonds. The summed E-state index contributed by atoms with van der Waals surface area (Å²) in [5, 5.41) is 6.54. The molecule has 0 spiro atoms. The highest BCUT2D eigenvalue weighted by Gasteiger charge is 2.20. The third kappa shape index (κ3) is 3.55. The zero-order chi connectivity index (χ0) is 25.8. The standard InChI is InChI=1S/C34H22N4O/c1-2-11-23(12-3-1)32-36-33(26-16-8-13-21-9-4-6-14-24(21)26)38-34(37-32)28-20-35-19-27-30-25-15-7-5-10-22(25)17-18-29(30)39-31(27)28/h2,4-20H,1,3H2. The Morgan fingerprint density at radius 2 is 1.33 bits per heavy atom. The first kappa shape index (κ1) is 21.9. The van der Waals surface area contributed by atoms with E-state index in [1.165, 1.54) is 0 Å². The van der Waals surface area contributed by atoms with Crippen LogP contribution in [0.25, 0.3) is 71.8 Å². The second-order valence-electron chi connectivity index (χ2n) is 9.80. The van der Waals surface area contributed by atoms with Crippen LogP contribution in [-0.2, 0) is 0 Å². The number of furan rings is 1. The van der Waals surface area contributed by atoms with Crippen LogP contribution in [-0.4, -0.2) is 19.9 Å². The Hall–Kier alpha value is -5.16. The quantitative estimate of drug-likeness (QED) is 0.242. The molecule has 1 aliphatic carbocycles. The molecule has 0 unspecified atom stereocenters. The molecular formula is C34H22N4O. The molecule has 0 bridgehead atoms. The van der Waals surface area contributed by atoms with E-state index in [4.69, 9.17) is 19.4 Å². The monoisotopic (exact) mass is 502 g/mol. The van der Waals surface area contributed by atoms with E-state index in [0.717, 1.165) is 73.0 Å². The number of fused-ring (bicyclic) bond motifs is 6. The van der Waals surface area contributed by atoms with E-state index >= 15 is 0 Å². The van der Waals surface area contributed by atoms with Gasteiger partial charge in [0.2, 0.25) is 0 Å². The molecule has 0 aliphatic heterocycles. The first-order valence-corrected chi connectivity index (χ1v) is 13.1. The van der Waals surface area contributed by atoms with Crippen molar-refractivity contribution in [1.29, 1.82) is 0 Å². The van der Waals surface area contributed by atoms with Gasteiger partial charge in [-0.1, -0.05) is 91.0 Å². The first-order chi connectivity index (χ1) is 19.3. The van der Waals surface area contributed by atoms with Crippen LogP contribution in [0.4, 0.5) is 0 Å². The Labute approximate surface area is 224 Å². The molecule has 5 nitrogen and oxygen atoms in total. The summed E-state index contributed by atoms with van der Waals surface area (Å²) in [6.07, 6.45) is 12.1. The molecule has 184 valence electrons. The molecule has 39 heavy (non-hydrogen) atoms. The molecule has 3 aromatic heterocycles. The van der Waals surface area contributed by atoms with Crippen molar-refractivity contribution in [2.75, 3.05) is 0 Å². The fraction of sp³-hybridized carbons (Fsp3) is 0.0588. The van der Waals surface area contributed by atoms with Gasteiger partial charge in [0.25, 0.3) is 0 Å². The predicted octanol–water partition coefficient (Wildman–Crippen LogP) is 8.54. The van der Waals surface area contributed by atoms with E-state index in [2.05, 4.69) is 77.8 Å². The zero-order valence-electron chi connectivity index (χ0n) is 21.0. The number of benzene rings is 4. The average Bonchev–Trinajstić information content (AvgIpc) is 3.40. The molecule has 3 heterocycles. The van der Waals surface area contributed by atoms with Gasteiger partial charge in [-0.15, -0.1) is 0 Å². The van der Waals surface area contributed by atoms with E-state index < -0.39 is 0 Å². The second kappa shape index (κ2) is 8.71. The Morgan fingerprint density at radius 3 is 2.18 bits per heavy atom. The zero-order valence-corrected chi connectivity index (χ0v) is 21.0. The van der Waals surface area contributed by atoms with Crippen molar-refractivity contribution in [2.24, 2.45) is 0 Å². The minimum atomic E-state index is 0.546. The van der Waals surface area contributed by atoms with E-state index in [1.54, 1.807) is 6.20 Å². The van der Waals surface area contributed by atoms with Crippen molar-refractivity contribution in [2.45, 2.75) is 12.8 Å². The van der Waals surface area contributed by atoms with Gasteiger partial charge in [-0.3, -0.25) is 4.98 Å². The van der Waals surface area contributed by atoms with Gasteiger partial charge < -0.3 is 4.42 Å². The van der Waals surface area contributed by atoms with Crippen molar-refractivity contribution in [3.05, 3.63) is 115 Å². The summed E-state index contributed by atoms with van der Waals surface area (Å²) < 4.78 is 6.48. The lowest BCUT2D eigenvalue weighted by molar-refractivity contribution is 0.669. The Kier molecular flexibility index (Phi) is 4.88. The van der Waals surface area contributed by atoms with E-state index in [1.807, 2.05) is 30.5 Å². The van der Waals surface area contributed by atoms with E-state index in [-0.39, 0.29) is 0 Å². The molecule has 0 atom stereocenters. The van der Waals surface area contributed by atoms with Crippen LogP contribution in [0.15, 0.2) is 114 Å². The van der Waals surface area contributed by atoms with Crippen molar-refractivity contribution >= 4 is 49.1 Å². The highest BCUT2D eigenvalue weighted by Crippen LogP contribution is 2.38. The fourth-order valence-electron chi connectivity index (χ4n) is 5.57. The Bertz CT molecular complexity index is 2130. The summed E-state index contributed by atoms with van der Waals surface area (Å²) in [4.78, 5) is 19.6. The maximum absolute atomic E-state index is 6.48. The second-order valence-corrected chi connectivity index (χ2v) is 9.80. The minimum absolute atomic E-state index is 0.546. The summed E-state index contributed by atoms with van der Waals surface area (Å²) in [5.74, 6) is 1.83. The van der Waals surface area contributed by atoms with E-state index in [9.17, 15) is 0 Å². The third-order valence-electron chi connectivity index (χ3n) is 7.43. The van der Waals surface area contributed by atoms with Gasteiger partial charge in [0.1, 0.15) is 11.2 Å². The minimum Gasteiger partial charge on any atom is -0.455 e. The number of nitrogens with zero attached hydrogens (tertiary/aromatic N) is 4. The summed E-state index contributed by atoms with van der Waals surface area (Å²) in [6, 6.07) is 27.0. The molecule has 0 saturated carbocycles. The van der Waals surface area contributed by atoms with Crippen LogP contribution in [0.1, 0.15) is 18.7 Å². The SMILES string of the molecule is C1=CC(c2nc(-c3cccc4ccccc34)nc(-c3cncc4c3oc3ccc5ccccc5c34)n2)=CCC1. The highest BCUT2D eigenvalue weighted by atomic mass is 16.3. The van der Waals surface area contributed by atoms with Gasteiger partial charge in [-0.05, 0) is 40.5 Å². The Balaban J connectivity index is 1.42. The number of aromatic nitrogens is 4. The summed E-state index contributed by atoms with van der Waals surface area (Å²) in [6.45, 7) is 0. The summed E-state index contributed by atoms with van der Waals surface area (Å²) in [7, 11) is 0.